The summed E-state index contributed by atoms with van der Waals surface area (Å²) in [5.41, 5.74) is 30.7. The molecule has 2 heterocycles. The van der Waals surface area contributed by atoms with Gasteiger partial charge in [0, 0.05) is 43.1 Å². The van der Waals surface area contributed by atoms with Gasteiger partial charge in [-0.1, -0.05) is 307 Å². The van der Waals surface area contributed by atoms with Gasteiger partial charge in [-0.3, -0.25) is 0 Å². The Kier molecular flexibility index (Phi) is 12.4. The second kappa shape index (κ2) is 21.8. The number of furan rings is 2. The highest BCUT2D eigenvalue weighted by atomic mass is 16.3. The average molecular weight is 1320 g/mol. The summed E-state index contributed by atoms with van der Waals surface area (Å²) in [6, 6.07) is 123. The van der Waals surface area contributed by atoms with Gasteiger partial charge in [0.2, 0.25) is 0 Å². The first kappa shape index (κ1) is 58.9. The molecule has 2 heteroatoms. The quantitative estimate of drug-likeness (QED) is 0.149. The van der Waals surface area contributed by atoms with Gasteiger partial charge < -0.3 is 8.83 Å². The maximum absolute atomic E-state index is 6.73. The van der Waals surface area contributed by atoms with Crippen LogP contribution in [0.25, 0.3) is 209 Å². The molecule has 20 aromatic rings. The zero-order valence-electron chi connectivity index (χ0n) is 58.0. The summed E-state index contributed by atoms with van der Waals surface area (Å²) in [6.07, 6.45) is 0. The summed E-state index contributed by atoms with van der Waals surface area (Å²) >= 11 is 0. The summed E-state index contributed by atoms with van der Waals surface area (Å²) < 4.78 is 13.5. The second-order valence-corrected chi connectivity index (χ2v) is 30.0. The minimum atomic E-state index is -0.260. The Balaban J connectivity index is 0.650. The first-order valence-corrected chi connectivity index (χ1v) is 36.4. The molecule has 2 nitrogen and oxygen atoms in total. The van der Waals surface area contributed by atoms with E-state index >= 15 is 0 Å². The third kappa shape index (κ3) is 8.39. The van der Waals surface area contributed by atoms with Crippen molar-refractivity contribution in [2.75, 3.05) is 0 Å². The highest BCUT2D eigenvalue weighted by Gasteiger charge is 2.40. The van der Waals surface area contributed by atoms with Crippen LogP contribution in [-0.2, 0) is 10.8 Å². The molecule has 486 valence electrons. The summed E-state index contributed by atoms with van der Waals surface area (Å²) in [5, 5.41) is 19.3. The Labute approximate surface area is 602 Å². The van der Waals surface area contributed by atoms with Gasteiger partial charge in [-0.25, -0.2) is 0 Å². The van der Waals surface area contributed by atoms with E-state index in [1.54, 1.807) is 0 Å². The van der Waals surface area contributed by atoms with Gasteiger partial charge in [-0.2, -0.15) is 0 Å². The van der Waals surface area contributed by atoms with Crippen LogP contribution >= 0.6 is 0 Å². The van der Waals surface area contributed by atoms with Crippen molar-refractivity contribution in [3.8, 4) is 100 Å². The van der Waals surface area contributed by atoms with E-state index in [1.807, 2.05) is 0 Å². The lowest BCUT2D eigenvalue weighted by molar-refractivity contribution is 0.657. The van der Waals surface area contributed by atoms with E-state index in [4.69, 9.17) is 8.83 Å². The lowest BCUT2D eigenvalue weighted by atomic mass is 9.79. The van der Waals surface area contributed by atoms with E-state index in [1.165, 1.54) is 198 Å². The lowest BCUT2D eigenvalue weighted by Gasteiger charge is -2.23. The lowest BCUT2D eigenvalue weighted by Crippen LogP contribution is -2.15. The predicted molar refractivity (Wildman–Crippen MR) is 439 cm³/mol. The van der Waals surface area contributed by atoms with Crippen molar-refractivity contribution in [1.82, 2.24) is 0 Å². The largest absolute Gasteiger partial charge is 0.455 e. The van der Waals surface area contributed by atoms with Crippen LogP contribution < -0.4 is 0 Å². The van der Waals surface area contributed by atoms with Crippen LogP contribution in [0.15, 0.2) is 336 Å². The summed E-state index contributed by atoms with van der Waals surface area (Å²) in [6.45, 7) is 9.54. The Morgan fingerprint density at radius 1 is 0.202 bits per heavy atom. The molecule has 0 unspecified atom stereocenters. The van der Waals surface area contributed by atoms with Crippen LogP contribution in [0.1, 0.15) is 49.9 Å². The van der Waals surface area contributed by atoms with Crippen LogP contribution in [-0.4, -0.2) is 0 Å². The van der Waals surface area contributed by atoms with Crippen molar-refractivity contribution >= 4 is 109 Å². The zero-order valence-corrected chi connectivity index (χ0v) is 58.0. The number of rotatable bonds is 7. The fourth-order valence-corrected chi connectivity index (χ4v) is 18.9. The van der Waals surface area contributed by atoms with Gasteiger partial charge in [0.25, 0.3) is 0 Å². The van der Waals surface area contributed by atoms with Gasteiger partial charge in [-0.15, -0.1) is 0 Å². The number of fused-ring (bicyclic) bond motifs is 22. The van der Waals surface area contributed by atoms with Crippen LogP contribution in [0.3, 0.4) is 0 Å². The molecule has 0 saturated carbocycles. The van der Waals surface area contributed by atoms with E-state index in [9.17, 15) is 0 Å². The number of hydrogen-bond donors (Lipinski definition) is 0. The Bertz CT molecular complexity index is 7100. The molecule has 18 aromatic carbocycles. The Morgan fingerprint density at radius 3 is 1.06 bits per heavy atom. The first-order chi connectivity index (χ1) is 51.1. The predicted octanol–water partition coefficient (Wildman–Crippen LogP) is 28.7. The third-order valence-electron chi connectivity index (χ3n) is 23.8. The SMILES string of the molecule is CC1(C)c2cc(-c3ccc(-c4c5ccccc5c(-c5ccccc5)c5cc(-c6ccc7c(-c8ccc(-c9ccc%10c(c9)C(C)(C)c9c-%10ccc%10oc%11c%12ccccc%12ccc%11c9%10)cc8)c8ccccc8c(-c8ccccc8)c7c6)ccc45)cc3)ccc2-c2c1ccc1oc3c4ccccc4ccc3c21. The molecule has 2 aliphatic carbocycles. The van der Waals surface area contributed by atoms with E-state index in [2.05, 4.69) is 355 Å². The maximum atomic E-state index is 6.73. The van der Waals surface area contributed by atoms with E-state index in [0.29, 0.717) is 0 Å². The number of benzene rings is 18. The Morgan fingerprint density at radius 2 is 0.548 bits per heavy atom. The summed E-state index contributed by atoms with van der Waals surface area (Å²) in [4.78, 5) is 0. The standard InChI is InChI=1S/C102H66O2/c1-101(2)86-52-54-89-96(82-49-39-61-19-11-13-25-71(61)99(82)103-89)95(86)81-48-44-70(58-88(81)101)60-33-37-66(38-34-60)92-75-28-16-18-30-77(75)94(64-23-9-6-10-24-64)85-56-68(43-47-79(85)92)67-42-46-78-84(55-67)93(63-21-7-5-8-22-63)76-29-17-15-27-74(76)91(78)65-35-31-59(32-36-65)69-41-45-73-80-51-53-90-97(98(80)102(3,4)87(73)57-69)83-50-40-62-20-12-14-26-72(62)100(83)104-90/h5-58H,1-4H3. The van der Waals surface area contributed by atoms with Crippen LogP contribution in [0, 0.1) is 0 Å². The molecule has 0 saturated heterocycles. The van der Waals surface area contributed by atoms with Gasteiger partial charge >= 0.3 is 0 Å². The molecule has 0 amide bonds. The van der Waals surface area contributed by atoms with Crippen LogP contribution in [0.4, 0.5) is 0 Å². The van der Waals surface area contributed by atoms with E-state index < -0.39 is 0 Å². The fraction of sp³-hybridized carbons (Fsp3) is 0.0588. The molecule has 0 radical (unpaired) electrons. The molecule has 0 aliphatic heterocycles. The smallest absolute Gasteiger partial charge is 0.143 e. The van der Waals surface area contributed by atoms with Crippen molar-refractivity contribution in [2.24, 2.45) is 0 Å². The van der Waals surface area contributed by atoms with E-state index in [-0.39, 0.29) is 10.8 Å². The molecule has 22 rings (SSSR count). The van der Waals surface area contributed by atoms with Gasteiger partial charge in [0.05, 0.1) is 0 Å². The van der Waals surface area contributed by atoms with Crippen molar-refractivity contribution < 1.29 is 8.83 Å². The average Bonchev–Trinajstić information content (AvgIpc) is 1.49. The number of hydrogen-bond acceptors (Lipinski definition) is 2. The molecule has 0 atom stereocenters. The second-order valence-electron chi connectivity index (χ2n) is 30.0. The monoisotopic (exact) mass is 1320 g/mol. The minimum Gasteiger partial charge on any atom is -0.455 e. The van der Waals surface area contributed by atoms with Gasteiger partial charge in [-0.05, 0) is 225 Å². The molecule has 0 N–H and O–H groups in total. The topological polar surface area (TPSA) is 26.3 Å². The van der Waals surface area contributed by atoms with Crippen LogP contribution in [0.2, 0.25) is 0 Å². The fourth-order valence-electron chi connectivity index (χ4n) is 18.9. The molecule has 0 spiro atoms. The molecule has 2 aliphatic rings. The van der Waals surface area contributed by atoms with Crippen molar-refractivity contribution in [3.63, 3.8) is 0 Å². The van der Waals surface area contributed by atoms with Crippen molar-refractivity contribution in [3.05, 3.63) is 350 Å². The first-order valence-electron chi connectivity index (χ1n) is 36.4. The molecule has 0 bridgehead atoms. The summed E-state index contributed by atoms with van der Waals surface area (Å²) in [5.74, 6) is 0. The third-order valence-corrected chi connectivity index (χ3v) is 23.8. The van der Waals surface area contributed by atoms with E-state index in [0.717, 1.165) is 33.1 Å². The summed E-state index contributed by atoms with van der Waals surface area (Å²) in [7, 11) is 0. The molecular weight excluding hydrogens is 1260 g/mol. The molecule has 2 aromatic heterocycles. The molecular formula is C102H66O2. The Hall–Kier alpha value is -12.9. The van der Waals surface area contributed by atoms with Gasteiger partial charge in [0.1, 0.15) is 22.3 Å². The van der Waals surface area contributed by atoms with Gasteiger partial charge in [0.15, 0.2) is 0 Å². The highest BCUT2D eigenvalue weighted by Crippen LogP contribution is 2.57. The minimum absolute atomic E-state index is 0.211. The van der Waals surface area contributed by atoms with Crippen LogP contribution in [0.5, 0.6) is 0 Å². The highest BCUT2D eigenvalue weighted by molar-refractivity contribution is 6.26. The zero-order chi connectivity index (χ0) is 68.8. The molecule has 0 fully saturated rings. The molecule has 104 heavy (non-hydrogen) atoms. The normalized spacial score (nSPS) is 13.5. The maximum Gasteiger partial charge on any atom is 0.143 e. The van der Waals surface area contributed by atoms with Crippen molar-refractivity contribution in [1.29, 1.82) is 0 Å². The van der Waals surface area contributed by atoms with Crippen molar-refractivity contribution in [2.45, 2.75) is 38.5 Å².